The second kappa shape index (κ2) is 3.15. The molecule has 0 aromatic carbocycles. The van der Waals surface area contributed by atoms with Gasteiger partial charge in [-0.05, 0) is 12.0 Å². The minimum Gasteiger partial charge on any atom is -0.467 e. The standard InChI is InChI=1S/C7H10N2O/c1-3-6-4-8-7(10-2)9-5-6/h4-5H,3H2,1-2H3. The molecule has 0 fully saturated rings. The molecule has 0 saturated carbocycles. The Labute approximate surface area is 60.1 Å². The first-order chi connectivity index (χ1) is 4.86. The Morgan fingerprint density at radius 1 is 1.40 bits per heavy atom. The summed E-state index contributed by atoms with van der Waals surface area (Å²) >= 11 is 0. The van der Waals surface area contributed by atoms with E-state index >= 15 is 0 Å². The first-order valence-corrected chi connectivity index (χ1v) is 3.21. The number of aromatic nitrogens is 2. The second-order valence-corrected chi connectivity index (χ2v) is 1.93. The molecular weight excluding hydrogens is 128 g/mol. The summed E-state index contributed by atoms with van der Waals surface area (Å²) in [6, 6.07) is 0.428. The van der Waals surface area contributed by atoms with E-state index < -0.39 is 0 Å². The van der Waals surface area contributed by atoms with Crippen LogP contribution in [0.5, 0.6) is 6.01 Å². The van der Waals surface area contributed by atoms with Crippen LogP contribution in [-0.4, -0.2) is 17.1 Å². The van der Waals surface area contributed by atoms with Crippen LogP contribution in [0.3, 0.4) is 0 Å². The first kappa shape index (κ1) is 6.99. The van der Waals surface area contributed by atoms with Crippen LogP contribution in [0.1, 0.15) is 12.5 Å². The van der Waals surface area contributed by atoms with Crippen molar-refractivity contribution in [2.75, 3.05) is 7.11 Å². The van der Waals surface area contributed by atoms with Crippen molar-refractivity contribution in [3.8, 4) is 6.01 Å². The SMILES string of the molecule is CCc1cnc(OC)nc1. The highest BCUT2D eigenvalue weighted by Gasteiger charge is 1.92. The van der Waals surface area contributed by atoms with Crippen molar-refractivity contribution in [2.45, 2.75) is 13.3 Å². The summed E-state index contributed by atoms with van der Waals surface area (Å²) < 4.78 is 4.79. The van der Waals surface area contributed by atoms with Gasteiger partial charge in [-0.15, -0.1) is 0 Å². The van der Waals surface area contributed by atoms with Crippen LogP contribution < -0.4 is 4.74 Å². The van der Waals surface area contributed by atoms with Gasteiger partial charge in [-0.1, -0.05) is 6.92 Å². The van der Waals surface area contributed by atoms with E-state index in [-0.39, 0.29) is 0 Å². The maximum absolute atomic E-state index is 4.79. The van der Waals surface area contributed by atoms with Gasteiger partial charge in [-0.3, -0.25) is 0 Å². The zero-order chi connectivity index (χ0) is 7.40. The molecule has 0 aliphatic rings. The van der Waals surface area contributed by atoms with Gasteiger partial charge in [0.25, 0.3) is 0 Å². The van der Waals surface area contributed by atoms with Gasteiger partial charge in [0.05, 0.1) is 7.11 Å². The van der Waals surface area contributed by atoms with E-state index in [2.05, 4.69) is 16.9 Å². The second-order valence-electron chi connectivity index (χ2n) is 1.93. The zero-order valence-corrected chi connectivity index (χ0v) is 6.16. The summed E-state index contributed by atoms with van der Waals surface area (Å²) in [6.07, 6.45) is 4.50. The summed E-state index contributed by atoms with van der Waals surface area (Å²) in [4.78, 5) is 7.87. The molecule has 0 spiro atoms. The van der Waals surface area contributed by atoms with E-state index in [1.807, 2.05) is 0 Å². The van der Waals surface area contributed by atoms with Gasteiger partial charge in [0.15, 0.2) is 0 Å². The Morgan fingerprint density at radius 2 is 2.00 bits per heavy atom. The number of hydrogen-bond donors (Lipinski definition) is 0. The molecule has 0 bridgehead atoms. The fourth-order valence-corrected chi connectivity index (χ4v) is 0.631. The number of aryl methyl sites for hydroxylation is 1. The molecule has 1 aromatic rings. The van der Waals surface area contributed by atoms with E-state index in [0.717, 1.165) is 12.0 Å². The minimum atomic E-state index is 0.428. The lowest BCUT2D eigenvalue weighted by molar-refractivity contribution is 0.379. The maximum atomic E-state index is 4.79. The van der Waals surface area contributed by atoms with Crippen LogP contribution in [0.15, 0.2) is 12.4 Å². The van der Waals surface area contributed by atoms with Crippen molar-refractivity contribution in [2.24, 2.45) is 0 Å². The average Bonchev–Trinajstić information content (AvgIpc) is 2.05. The normalized spacial score (nSPS) is 9.40. The Balaban J connectivity index is 2.80. The van der Waals surface area contributed by atoms with E-state index in [1.165, 1.54) is 0 Å². The summed E-state index contributed by atoms with van der Waals surface area (Å²) in [5.74, 6) is 0. The molecule has 1 aromatic heterocycles. The average molecular weight is 138 g/mol. The van der Waals surface area contributed by atoms with Gasteiger partial charge in [-0.2, -0.15) is 0 Å². The number of nitrogens with zero attached hydrogens (tertiary/aromatic N) is 2. The van der Waals surface area contributed by atoms with Gasteiger partial charge >= 0.3 is 6.01 Å². The molecule has 3 nitrogen and oxygen atoms in total. The molecular formula is C7H10N2O. The Morgan fingerprint density at radius 3 is 2.40 bits per heavy atom. The van der Waals surface area contributed by atoms with Gasteiger partial charge in [0.1, 0.15) is 0 Å². The lowest BCUT2D eigenvalue weighted by Crippen LogP contribution is -1.92. The van der Waals surface area contributed by atoms with Gasteiger partial charge in [0.2, 0.25) is 0 Å². The third kappa shape index (κ3) is 1.43. The number of hydrogen-bond acceptors (Lipinski definition) is 3. The third-order valence-corrected chi connectivity index (χ3v) is 1.27. The Bertz CT molecular complexity index is 172. The van der Waals surface area contributed by atoms with E-state index in [0.29, 0.717) is 6.01 Å². The topological polar surface area (TPSA) is 35.0 Å². The van der Waals surface area contributed by atoms with E-state index in [1.54, 1.807) is 19.5 Å². The molecule has 1 rings (SSSR count). The Kier molecular flexibility index (Phi) is 2.20. The predicted molar refractivity (Wildman–Crippen MR) is 38.0 cm³/mol. The van der Waals surface area contributed by atoms with Crippen molar-refractivity contribution < 1.29 is 4.74 Å². The van der Waals surface area contributed by atoms with Crippen molar-refractivity contribution >= 4 is 0 Å². The summed E-state index contributed by atoms with van der Waals surface area (Å²) in [5, 5.41) is 0. The summed E-state index contributed by atoms with van der Waals surface area (Å²) in [7, 11) is 1.56. The van der Waals surface area contributed by atoms with Crippen molar-refractivity contribution in [3.05, 3.63) is 18.0 Å². The molecule has 0 unspecified atom stereocenters. The van der Waals surface area contributed by atoms with E-state index in [9.17, 15) is 0 Å². The molecule has 3 heteroatoms. The van der Waals surface area contributed by atoms with Crippen molar-refractivity contribution in [1.29, 1.82) is 0 Å². The highest BCUT2D eigenvalue weighted by molar-refractivity contribution is 5.06. The fourth-order valence-electron chi connectivity index (χ4n) is 0.631. The molecule has 1 heterocycles. The molecule has 0 amide bonds. The highest BCUT2D eigenvalue weighted by atomic mass is 16.5. The molecule has 0 N–H and O–H groups in total. The van der Waals surface area contributed by atoms with Crippen LogP contribution in [0.25, 0.3) is 0 Å². The molecule has 0 aliphatic heterocycles. The lowest BCUT2D eigenvalue weighted by atomic mass is 10.3. The molecule has 0 radical (unpaired) electrons. The number of ether oxygens (including phenoxy) is 1. The molecule has 0 aliphatic carbocycles. The van der Waals surface area contributed by atoms with E-state index in [4.69, 9.17) is 4.74 Å². The van der Waals surface area contributed by atoms with Gasteiger partial charge in [0, 0.05) is 12.4 Å². The monoisotopic (exact) mass is 138 g/mol. The van der Waals surface area contributed by atoms with Crippen molar-refractivity contribution in [1.82, 2.24) is 9.97 Å². The number of methoxy groups -OCH3 is 1. The maximum Gasteiger partial charge on any atom is 0.316 e. The van der Waals surface area contributed by atoms with Crippen LogP contribution in [0.2, 0.25) is 0 Å². The fraction of sp³-hybridized carbons (Fsp3) is 0.429. The van der Waals surface area contributed by atoms with Gasteiger partial charge < -0.3 is 4.74 Å². The minimum absolute atomic E-state index is 0.428. The third-order valence-electron chi connectivity index (χ3n) is 1.27. The largest absolute Gasteiger partial charge is 0.467 e. The molecule has 54 valence electrons. The zero-order valence-electron chi connectivity index (χ0n) is 6.16. The summed E-state index contributed by atoms with van der Waals surface area (Å²) in [6.45, 7) is 2.06. The van der Waals surface area contributed by atoms with Gasteiger partial charge in [-0.25, -0.2) is 9.97 Å². The first-order valence-electron chi connectivity index (χ1n) is 3.21. The van der Waals surface area contributed by atoms with Crippen LogP contribution in [-0.2, 0) is 6.42 Å². The lowest BCUT2D eigenvalue weighted by Gasteiger charge is -1.96. The smallest absolute Gasteiger partial charge is 0.316 e. The van der Waals surface area contributed by atoms with Crippen LogP contribution in [0.4, 0.5) is 0 Å². The van der Waals surface area contributed by atoms with Crippen molar-refractivity contribution in [3.63, 3.8) is 0 Å². The van der Waals surface area contributed by atoms with Crippen LogP contribution >= 0.6 is 0 Å². The molecule has 10 heavy (non-hydrogen) atoms. The number of rotatable bonds is 2. The van der Waals surface area contributed by atoms with Crippen LogP contribution in [0, 0.1) is 0 Å². The highest BCUT2D eigenvalue weighted by Crippen LogP contribution is 2.00. The predicted octanol–water partition coefficient (Wildman–Crippen LogP) is 1.05. The molecule has 0 atom stereocenters. The summed E-state index contributed by atoms with van der Waals surface area (Å²) in [5.41, 5.74) is 1.13. The Hall–Kier alpha value is -1.12. The molecule has 0 saturated heterocycles. The quantitative estimate of drug-likeness (QED) is 0.612.